The predicted molar refractivity (Wildman–Crippen MR) is 104 cm³/mol. The van der Waals surface area contributed by atoms with Crippen LogP contribution in [0.25, 0.3) is 0 Å². The molecule has 1 saturated heterocycles. The van der Waals surface area contributed by atoms with Gasteiger partial charge in [0.2, 0.25) is 0 Å². The molecule has 0 spiro atoms. The highest BCUT2D eigenvalue weighted by Crippen LogP contribution is 2.19. The Hall–Kier alpha value is -1.62. The highest BCUT2D eigenvalue weighted by atomic mass is 19.1. The highest BCUT2D eigenvalue weighted by Gasteiger charge is 2.16. The molecule has 1 unspecified atom stereocenters. The summed E-state index contributed by atoms with van der Waals surface area (Å²) >= 11 is 0. The zero-order valence-electron chi connectivity index (χ0n) is 16.1. The van der Waals surface area contributed by atoms with Crippen LogP contribution >= 0.6 is 0 Å². The first kappa shape index (κ1) is 19.7. The molecule has 0 radical (unpaired) electrons. The van der Waals surface area contributed by atoms with E-state index >= 15 is 0 Å². The third-order valence-electron chi connectivity index (χ3n) is 5.04. The van der Waals surface area contributed by atoms with Gasteiger partial charge in [0.15, 0.2) is 5.96 Å². The van der Waals surface area contributed by atoms with Gasteiger partial charge in [0, 0.05) is 13.1 Å². The maximum Gasteiger partial charge on any atom is 0.191 e. The second kappa shape index (κ2) is 9.76. The molecular formula is C20H33FN4. The van der Waals surface area contributed by atoms with Gasteiger partial charge >= 0.3 is 0 Å². The normalized spacial score (nSPS) is 18.2. The van der Waals surface area contributed by atoms with E-state index in [1.807, 2.05) is 19.1 Å². The van der Waals surface area contributed by atoms with Crippen molar-refractivity contribution in [2.75, 3.05) is 33.2 Å². The molecule has 0 saturated carbocycles. The van der Waals surface area contributed by atoms with Gasteiger partial charge in [0.05, 0.1) is 6.04 Å². The van der Waals surface area contributed by atoms with Crippen molar-refractivity contribution in [2.45, 2.75) is 46.1 Å². The van der Waals surface area contributed by atoms with E-state index < -0.39 is 0 Å². The maximum atomic E-state index is 13.8. The van der Waals surface area contributed by atoms with Crippen molar-refractivity contribution in [3.05, 3.63) is 35.1 Å². The third kappa shape index (κ3) is 6.31. The molecule has 1 fully saturated rings. The minimum Gasteiger partial charge on any atom is -0.357 e. The van der Waals surface area contributed by atoms with E-state index in [1.165, 1.54) is 25.9 Å². The van der Waals surface area contributed by atoms with Crippen molar-refractivity contribution in [2.24, 2.45) is 10.9 Å². The molecule has 25 heavy (non-hydrogen) atoms. The van der Waals surface area contributed by atoms with Crippen molar-refractivity contribution in [1.29, 1.82) is 0 Å². The van der Waals surface area contributed by atoms with Crippen molar-refractivity contribution >= 4 is 5.96 Å². The van der Waals surface area contributed by atoms with E-state index in [0.29, 0.717) is 5.56 Å². The smallest absolute Gasteiger partial charge is 0.191 e. The molecular weight excluding hydrogens is 315 g/mol. The van der Waals surface area contributed by atoms with Gasteiger partial charge in [0.1, 0.15) is 5.82 Å². The summed E-state index contributed by atoms with van der Waals surface area (Å²) in [6, 6.07) is 5.41. The molecule has 0 amide bonds. The Morgan fingerprint density at radius 3 is 2.72 bits per heavy atom. The lowest BCUT2D eigenvalue weighted by molar-refractivity contribution is 0.214. The molecule has 1 aromatic rings. The number of hydrogen-bond donors (Lipinski definition) is 2. The van der Waals surface area contributed by atoms with Gasteiger partial charge in [-0.1, -0.05) is 12.1 Å². The van der Waals surface area contributed by atoms with Crippen molar-refractivity contribution in [1.82, 2.24) is 15.5 Å². The predicted octanol–water partition coefficient (Wildman–Crippen LogP) is 3.48. The summed E-state index contributed by atoms with van der Waals surface area (Å²) in [6.07, 6.45) is 3.68. The van der Waals surface area contributed by atoms with Crippen LogP contribution in [-0.2, 0) is 0 Å². The van der Waals surface area contributed by atoms with Gasteiger partial charge in [-0.3, -0.25) is 4.99 Å². The summed E-state index contributed by atoms with van der Waals surface area (Å²) < 4.78 is 13.8. The minimum atomic E-state index is -0.157. The number of likely N-dealkylation sites (tertiary alicyclic amines) is 1. The van der Waals surface area contributed by atoms with Crippen LogP contribution in [0.2, 0.25) is 0 Å². The Labute approximate surface area is 151 Å². The summed E-state index contributed by atoms with van der Waals surface area (Å²) in [5, 5.41) is 6.68. The minimum absolute atomic E-state index is 0.0104. The van der Waals surface area contributed by atoms with E-state index in [9.17, 15) is 4.39 Å². The fraction of sp³-hybridized carbons (Fsp3) is 0.650. The molecule has 1 aliphatic heterocycles. The molecule has 4 nitrogen and oxygen atoms in total. The lowest BCUT2D eigenvalue weighted by Crippen LogP contribution is -2.39. The van der Waals surface area contributed by atoms with Crippen molar-refractivity contribution in [3.8, 4) is 0 Å². The average Bonchev–Trinajstić information content (AvgIpc) is 2.59. The molecule has 1 atom stereocenters. The number of nitrogens with one attached hydrogen (secondary N) is 2. The van der Waals surface area contributed by atoms with Gasteiger partial charge in [-0.05, 0) is 83.3 Å². The van der Waals surface area contributed by atoms with Crippen molar-refractivity contribution in [3.63, 3.8) is 0 Å². The number of aryl methyl sites for hydroxylation is 1. The van der Waals surface area contributed by atoms with Crippen LogP contribution < -0.4 is 10.6 Å². The van der Waals surface area contributed by atoms with Gasteiger partial charge in [-0.2, -0.15) is 0 Å². The zero-order valence-corrected chi connectivity index (χ0v) is 16.1. The number of guanidine groups is 1. The van der Waals surface area contributed by atoms with Gasteiger partial charge in [0.25, 0.3) is 0 Å². The second-order valence-corrected chi connectivity index (χ2v) is 7.17. The number of rotatable bonds is 6. The van der Waals surface area contributed by atoms with Crippen LogP contribution in [0.5, 0.6) is 0 Å². The summed E-state index contributed by atoms with van der Waals surface area (Å²) in [5.41, 5.74) is 1.61. The standard InChI is InChI=1S/C20H33FN4/c1-5-22-20(23-11-8-17-9-12-25(4)13-10-17)24-16(3)18-7-6-15(2)19(21)14-18/h6-7,14,16-17H,5,8-13H2,1-4H3,(H2,22,23,24). The van der Waals surface area contributed by atoms with E-state index in [4.69, 9.17) is 4.99 Å². The summed E-state index contributed by atoms with van der Waals surface area (Å²) in [5.74, 6) is 1.44. The Balaban J connectivity index is 1.88. The summed E-state index contributed by atoms with van der Waals surface area (Å²) in [6.45, 7) is 9.92. The highest BCUT2D eigenvalue weighted by molar-refractivity contribution is 5.80. The molecule has 1 aliphatic rings. The molecule has 2 rings (SSSR count). The summed E-state index contributed by atoms with van der Waals surface area (Å²) in [7, 11) is 2.19. The lowest BCUT2D eigenvalue weighted by atomic mass is 9.94. The molecule has 0 aromatic heterocycles. The fourth-order valence-electron chi connectivity index (χ4n) is 3.20. The monoisotopic (exact) mass is 348 g/mol. The molecule has 0 bridgehead atoms. The van der Waals surface area contributed by atoms with Crippen LogP contribution in [0.1, 0.15) is 50.3 Å². The first-order valence-electron chi connectivity index (χ1n) is 9.49. The topological polar surface area (TPSA) is 39.7 Å². The molecule has 140 valence electrons. The molecule has 1 aromatic carbocycles. The number of hydrogen-bond acceptors (Lipinski definition) is 2. The largest absolute Gasteiger partial charge is 0.357 e. The lowest BCUT2D eigenvalue weighted by Gasteiger charge is -2.28. The van der Waals surface area contributed by atoms with Crippen LogP contribution in [0.15, 0.2) is 23.2 Å². The van der Waals surface area contributed by atoms with Gasteiger partial charge in [-0.25, -0.2) is 4.39 Å². The second-order valence-electron chi connectivity index (χ2n) is 7.17. The van der Waals surface area contributed by atoms with E-state index in [-0.39, 0.29) is 11.9 Å². The van der Waals surface area contributed by atoms with Crippen LogP contribution in [0.3, 0.4) is 0 Å². The van der Waals surface area contributed by atoms with Crippen LogP contribution in [-0.4, -0.2) is 44.1 Å². The Bertz CT molecular complexity index is 565. The molecule has 2 N–H and O–H groups in total. The molecule has 5 heteroatoms. The van der Waals surface area contributed by atoms with Crippen LogP contribution in [0, 0.1) is 18.7 Å². The Kier molecular flexibility index (Phi) is 7.69. The fourth-order valence-corrected chi connectivity index (χ4v) is 3.20. The van der Waals surface area contributed by atoms with Crippen molar-refractivity contribution < 1.29 is 4.39 Å². The maximum absolute atomic E-state index is 13.8. The number of nitrogens with zero attached hydrogens (tertiary/aromatic N) is 2. The number of aliphatic imine (C=N–C) groups is 1. The SMILES string of the molecule is CCNC(=NCCC1CCN(C)CC1)NC(C)c1ccc(C)c(F)c1. The van der Waals surface area contributed by atoms with E-state index in [1.54, 1.807) is 13.0 Å². The van der Waals surface area contributed by atoms with Crippen LogP contribution in [0.4, 0.5) is 4.39 Å². The Morgan fingerprint density at radius 1 is 1.36 bits per heavy atom. The van der Waals surface area contributed by atoms with E-state index in [2.05, 4.69) is 29.5 Å². The third-order valence-corrected chi connectivity index (χ3v) is 5.04. The Morgan fingerprint density at radius 2 is 2.08 bits per heavy atom. The molecule has 0 aliphatic carbocycles. The number of piperidine rings is 1. The first-order chi connectivity index (χ1) is 12.0. The van der Waals surface area contributed by atoms with E-state index in [0.717, 1.165) is 37.0 Å². The average molecular weight is 349 g/mol. The van der Waals surface area contributed by atoms with Gasteiger partial charge in [-0.15, -0.1) is 0 Å². The number of halogens is 1. The van der Waals surface area contributed by atoms with Gasteiger partial charge < -0.3 is 15.5 Å². The first-order valence-corrected chi connectivity index (χ1v) is 9.49. The zero-order chi connectivity index (χ0) is 18.2. The quantitative estimate of drug-likeness (QED) is 0.611. The number of benzene rings is 1. The summed E-state index contributed by atoms with van der Waals surface area (Å²) in [4.78, 5) is 7.12. The molecule has 1 heterocycles.